The SMILES string of the molecule is CC1=C(C(=O)OC(C)C)C(c2ccccc2Br)N2C(=O)CCSC2=N1. The number of benzene rings is 1. The average Bonchev–Trinajstić information content (AvgIpc) is 2.53. The van der Waals surface area contributed by atoms with Crippen LogP contribution in [0.4, 0.5) is 0 Å². The van der Waals surface area contributed by atoms with E-state index in [9.17, 15) is 9.59 Å². The molecule has 3 rings (SSSR count). The molecule has 7 heteroatoms. The fourth-order valence-corrected chi connectivity index (χ4v) is 4.43. The van der Waals surface area contributed by atoms with Gasteiger partial charge in [0.2, 0.25) is 5.91 Å². The predicted octanol–water partition coefficient (Wildman–Crippen LogP) is 4.05. The van der Waals surface area contributed by atoms with Crippen LogP contribution in [-0.2, 0) is 14.3 Å². The molecule has 0 radical (unpaired) electrons. The van der Waals surface area contributed by atoms with Crippen LogP contribution in [0.25, 0.3) is 0 Å². The van der Waals surface area contributed by atoms with Gasteiger partial charge in [-0.1, -0.05) is 45.9 Å². The first-order valence-corrected chi connectivity index (χ1v) is 9.87. The number of fused-ring (bicyclic) bond motifs is 1. The van der Waals surface area contributed by atoms with E-state index in [-0.39, 0.29) is 12.0 Å². The smallest absolute Gasteiger partial charge is 0.338 e. The Balaban J connectivity index is 2.17. The quantitative estimate of drug-likeness (QED) is 0.689. The molecule has 0 bridgehead atoms. The molecular weight excluding hydrogens is 404 g/mol. The van der Waals surface area contributed by atoms with Crippen molar-refractivity contribution in [2.45, 2.75) is 39.3 Å². The maximum Gasteiger partial charge on any atom is 0.338 e. The first-order chi connectivity index (χ1) is 11.9. The molecule has 0 aromatic heterocycles. The highest BCUT2D eigenvalue weighted by Gasteiger charge is 2.42. The van der Waals surface area contributed by atoms with Crippen LogP contribution in [0.15, 0.2) is 45.0 Å². The minimum Gasteiger partial charge on any atom is -0.459 e. The van der Waals surface area contributed by atoms with E-state index in [4.69, 9.17) is 4.74 Å². The molecule has 0 aliphatic carbocycles. The lowest BCUT2D eigenvalue weighted by atomic mass is 9.94. The van der Waals surface area contributed by atoms with Crippen molar-refractivity contribution in [2.75, 3.05) is 5.75 Å². The molecule has 0 spiro atoms. The van der Waals surface area contributed by atoms with Gasteiger partial charge in [0, 0.05) is 16.6 Å². The first-order valence-electron chi connectivity index (χ1n) is 8.10. The molecule has 0 N–H and O–H groups in total. The van der Waals surface area contributed by atoms with Gasteiger partial charge in [0.15, 0.2) is 5.17 Å². The minimum atomic E-state index is -0.533. The van der Waals surface area contributed by atoms with Gasteiger partial charge in [-0.2, -0.15) is 0 Å². The molecule has 1 aromatic carbocycles. The van der Waals surface area contributed by atoms with Gasteiger partial charge in [-0.05, 0) is 32.4 Å². The summed E-state index contributed by atoms with van der Waals surface area (Å²) in [7, 11) is 0. The molecule has 132 valence electrons. The molecule has 2 aliphatic rings. The van der Waals surface area contributed by atoms with Crippen LogP contribution in [-0.4, -0.2) is 33.8 Å². The van der Waals surface area contributed by atoms with Gasteiger partial charge in [-0.25, -0.2) is 9.79 Å². The number of nitrogens with zero attached hydrogens (tertiary/aromatic N) is 2. The highest BCUT2D eigenvalue weighted by molar-refractivity contribution is 9.10. The van der Waals surface area contributed by atoms with Gasteiger partial charge in [0.25, 0.3) is 0 Å². The number of hydrogen-bond donors (Lipinski definition) is 0. The molecule has 1 atom stereocenters. The zero-order valence-corrected chi connectivity index (χ0v) is 16.7. The topological polar surface area (TPSA) is 59.0 Å². The summed E-state index contributed by atoms with van der Waals surface area (Å²) in [5.74, 6) is 0.246. The molecule has 25 heavy (non-hydrogen) atoms. The molecular formula is C18H19BrN2O3S. The van der Waals surface area contributed by atoms with E-state index in [1.807, 2.05) is 24.3 Å². The van der Waals surface area contributed by atoms with E-state index >= 15 is 0 Å². The number of aliphatic imine (C=N–C) groups is 1. The summed E-state index contributed by atoms with van der Waals surface area (Å²) in [5, 5.41) is 0.649. The van der Waals surface area contributed by atoms with Crippen LogP contribution < -0.4 is 0 Å². The number of carbonyl (C=O) groups excluding carboxylic acids is 2. The van der Waals surface area contributed by atoms with Crippen LogP contribution >= 0.6 is 27.7 Å². The normalized spacial score (nSPS) is 20.5. The van der Waals surface area contributed by atoms with E-state index in [0.717, 1.165) is 10.0 Å². The molecule has 1 amide bonds. The zero-order chi connectivity index (χ0) is 18.1. The van der Waals surface area contributed by atoms with Crippen molar-refractivity contribution in [3.05, 3.63) is 45.6 Å². The van der Waals surface area contributed by atoms with E-state index in [1.54, 1.807) is 37.4 Å². The third-order valence-electron chi connectivity index (χ3n) is 3.97. The Hall–Kier alpha value is -1.60. The van der Waals surface area contributed by atoms with Crippen LogP contribution in [0.1, 0.15) is 38.8 Å². The molecule has 1 unspecified atom stereocenters. The molecule has 1 saturated heterocycles. The second-order valence-electron chi connectivity index (χ2n) is 6.13. The summed E-state index contributed by atoms with van der Waals surface area (Å²) in [6.45, 7) is 5.41. The predicted molar refractivity (Wildman–Crippen MR) is 102 cm³/mol. The number of carbonyl (C=O) groups is 2. The first kappa shape index (κ1) is 18.2. The number of hydrogen-bond acceptors (Lipinski definition) is 5. The standard InChI is InChI=1S/C18H19BrN2O3S/c1-10(2)24-17(23)15-11(3)20-18-21(14(22)8-9-25-18)16(15)12-6-4-5-7-13(12)19/h4-7,10,16H,8-9H2,1-3H3. The third kappa shape index (κ3) is 3.53. The second-order valence-corrected chi connectivity index (χ2v) is 8.05. The maximum atomic E-state index is 12.8. The second kappa shape index (κ2) is 7.33. The van der Waals surface area contributed by atoms with Crippen molar-refractivity contribution in [3.8, 4) is 0 Å². The summed E-state index contributed by atoms with van der Waals surface area (Å²) < 4.78 is 6.28. The highest BCUT2D eigenvalue weighted by Crippen LogP contribution is 2.42. The Morgan fingerprint density at radius 2 is 2.12 bits per heavy atom. The number of thioether (sulfide) groups is 1. The molecule has 1 aromatic rings. The van der Waals surface area contributed by atoms with E-state index in [0.29, 0.717) is 28.6 Å². The van der Waals surface area contributed by atoms with Crippen molar-refractivity contribution in [1.82, 2.24) is 4.90 Å². The Kier molecular flexibility index (Phi) is 5.34. The zero-order valence-electron chi connectivity index (χ0n) is 14.3. The number of amides is 1. The Labute approximate surface area is 159 Å². The molecule has 2 heterocycles. The van der Waals surface area contributed by atoms with Crippen molar-refractivity contribution >= 4 is 44.7 Å². The summed E-state index contributed by atoms with van der Waals surface area (Å²) in [4.78, 5) is 31.6. The van der Waals surface area contributed by atoms with E-state index in [2.05, 4.69) is 20.9 Å². The Bertz CT molecular complexity index is 788. The number of halogens is 1. The van der Waals surface area contributed by atoms with Gasteiger partial charge in [-0.3, -0.25) is 9.69 Å². The van der Waals surface area contributed by atoms with Gasteiger partial charge in [-0.15, -0.1) is 0 Å². The molecule has 1 fully saturated rings. The molecule has 5 nitrogen and oxygen atoms in total. The van der Waals surface area contributed by atoms with Crippen LogP contribution in [0.2, 0.25) is 0 Å². The summed E-state index contributed by atoms with van der Waals surface area (Å²) >= 11 is 5.10. The lowest BCUT2D eigenvalue weighted by Crippen LogP contribution is -2.46. The summed E-state index contributed by atoms with van der Waals surface area (Å²) in [6.07, 6.45) is 0.181. The minimum absolute atomic E-state index is 0.0272. The monoisotopic (exact) mass is 422 g/mol. The Morgan fingerprint density at radius 1 is 1.40 bits per heavy atom. The maximum absolute atomic E-state index is 12.8. The van der Waals surface area contributed by atoms with E-state index < -0.39 is 12.0 Å². The van der Waals surface area contributed by atoms with Crippen molar-refractivity contribution in [3.63, 3.8) is 0 Å². The highest BCUT2D eigenvalue weighted by atomic mass is 79.9. The summed E-state index contributed by atoms with van der Waals surface area (Å²) in [6, 6.07) is 7.09. The van der Waals surface area contributed by atoms with Crippen molar-refractivity contribution < 1.29 is 14.3 Å². The van der Waals surface area contributed by atoms with E-state index in [1.165, 1.54) is 0 Å². The fraction of sp³-hybridized carbons (Fsp3) is 0.389. The number of amidine groups is 1. The van der Waals surface area contributed by atoms with Gasteiger partial charge < -0.3 is 4.74 Å². The lowest BCUT2D eigenvalue weighted by molar-refractivity contribution is -0.143. The van der Waals surface area contributed by atoms with Crippen LogP contribution in [0, 0.1) is 0 Å². The number of allylic oxidation sites excluding steroid dienone is 1. The fourth-order valence-electron chi connectivity index (χ4n) is 2.93. The molecule has 0 saturated carbocycles. The molecule has 2 aliphatic heterocycles. The van der Waals surface area contributed by atoms with Gasteiger partial charge >= 0.3 is 5.97 Å². The van der Waals surface area contributed by atoms with Gasteiger partial charge in [0.05, 0.1) is 23.4 Å². The van der Waals surface area contributed by atoms with Gasteiger partial charge in [0.1, 0.15) is 0 Å². The Morgan fingerprint density at radius 3 is 2.80 bits per heavy atom. The third-order valence-corrected chi connectivity index (χ3v) is 5.65. The number of ether oxygens (including phenoxy) is 1. The number of esters is 1. The van der Waals surface area contributed by atoms with Crippen molar-refractivity contribution in [2.24, 2.45) is 4.99 Å². The number of rotatable bonds is 3. The van der Waals surface area contributed by atoms with Crippen LogP contribution in [0.3, 0.4) is 0 Å². The van der Waals surface area contributed by atoms with Crippen molar-refractivity contribution in [1.29, 1.82) is 0 Å². The lowest BCUT2D eigenvalue weighted by Gasteiger charge is -2.39. The van der Waals surface area contributed by atoms with Crippen LogP contribution in [0.5, 0.6) is 0 Å². The largest absolute Gasteiger partial charge is 0.459 e. The summed E-state index contributed by atoms with van der Waals surface area (Å²) in [5.41, 5.74) is 1.86. The average molecular weight is 423 g/mol.